The number of carbonyl (C=O) groups excluding carboxylic acids is 2. The Labute approximate surface area is 131 Å². The smallest absolute Gasteiger partial charge is 0.246 e. The largest absolute Gasteiger partial charge is 0.342 e. The number of hydrogen-bond acceptors (Lipinski definition) is 3. The quantitative estimate of drug-likeness (QED) is 0.883. The molecule has 1 fully saturated rings. The second-order valence-electron chi connectivity index (χ2n) is 6.14. The summed E-state index contributed by atoms with van der Waals surface area (Å²) in [5.74, 6) is -0.0953. The van der Waals surface area contributed by atoms with Crippen molar-refractivity contribution in [3.8, 4) is 0 Å². The molecule has 2 heterocycles. The summed E-state index contributed by atoms with van der Waals surface area (Å²) in [5.41, 5.74) is -0.294. The van der Waals surface area contributed by atoms with Crippen LogP contribution in [0.3, 0.4) is 0 Å². The molecule has 0 radical (unpaired) electrons. The van der Waals surface area contributed by atoms with Gasteiger partial charge in [-0.05, 0) is 39.7 Å². The predicted molar refractivity (Wildman–Crippen MR) is 83.4 cm³/mol. The van der Waals surface area contributed by atoms with Crippen LogP contribution in [0.1, 0.15) is 32.6 Å². The predicted octanol–water partition coefficient (Wildman–Crippen LogP) is 2.77. The van der Waals surface area contributed by atoms with Crippen LogP contribution in [0, 0.1) is 5.41 Å². The fourth-order valence-corrected chi connectivity index (χ4v) is 3.69. The Morgan fingerprint density at radius 3 is 2.55 bits per heavy atom. The Hall–Kier alpha value is -0.880. The lowest BCUT2D eigenvalue weighted by Crippen LogP contribution is -2.65. The lowest BCUT2D eigenvalue weighted by molar-refractivity contribution is -0.152. The zero-order chi connectivity index (χ0) is 15.1. The Morgan fingerprint density at radius 1 is 1.40 bits per heavy atom. The standard InChI is InChI=1S/C14H19BrN2O2S/c1-8-12(18)16-11(14(2,3)4)13(19)17(8)7-10-9(15)5-6-20-10/h5-6,8,11H,7H2,1-4H3,(H,16,18). The molecule has 20 heavy (non-hydrogen) atoms. The molecule has 110 valence electrons. The fourth-order valence-electron chi connectivity index (χ4n) is 2.22. The van der Waals surface area contributed by atoms with Gasteiger partial charge in [0.25, 0.3) is 0 Å². The molecule has 2 rings (SSSR count). The van der Waals surface area contributed by atoms with Crippen molar-refractivity contribution in [3.05, 3.63) is 20.8 Å². The van der Waals surface area contributed by atoms with Gasteiger partial charge < -0.3 is 10.2 Å². The third kappa shape index (κ3) is 2.91. The highest BCUT2D eigenvalue weighted by molar-refractivity contribution is 9.10. The van der Waals surface area contributed by atoms with E-state index < -0.39 is 12.1 Å². The number of halogens is 1. The molecule has 0 aromatic carbocycles. The number of rotatable bonds is 2. The second kappa shape index (κ2) is 5.48. The summed E-state index contributed by atoms with van der Waals surface area (Å²) in [6.45, 7) is 8.13. The van der Waals surface area contributed by atoms with Gasteiger partial charge in [-0.2, -0.15) is 0 Å². The normalized spacial score (nSPS) is 23.9. The zero-order valence-corrected chi connectivity index (χ0v) is 14.5. The van der Waals surface area contributed by atoms with E-state index in [4.69, 9.17) is 0 Å². The number of piperazine rings is 1. The van der Waals surface area contributed by atoms with Gasteiger partial charge in [0.1, 0.15) is 12.1 Å². The molecule has 2 atom stereocenters. The Kier molecular flexibility index (Phi) is 4.25. The number of hydrogen-bond donors (Lipinski definition) is 1. The highest BCUT2D eigenvalue weighted by atomic mass is 79.9. The van der Waals surface area contributed by atoms with Gasteiger partial charge in [-0.3, -0.25) is 9.59 Å². The van der Waals surface area contributed by atoms with Crippen molar-refractivity contribution in [2.45, 2.75) is 46.3 Å². The SMILES string of the molecule is CC1C(=O)NC(C(C)(C)C)C(=O)N1Cc1sccc1Br. The maximum absolute atomic E-state index is 12.7. The first-order valence-corrected chi connectivity index (χ1v) is 8.22. The van der Waals surface area contributed by atoms with Crippen molar-refractivity contribution in [2.75, 3.05) is 0 Å². The summed E-state index contributed by atoms with van der Waals surface area (Å²) in [6.07, 6.45) is 0. The van der Waals surface area contributed by atoms with Crippen LogP contribution in [0.15, 0.2) is 15.9 Å². The first kappa shape index (κ1) is 15.5. The van der Waals surface area contributed by atoms with Gasteiger partial charge in [0, 0.05) is 9.35 Å². The summed E-state index contributed by atoms with van der Waals surface area (Å²) < 4.78 is 0.987. The van der Waals surface area contributed by atoms with Crippen molar-refractivity contribution >= 4 is 39.1 Å². The van der Waals surface area contributed by atoms with Crippen molar-refractivity contribution in [1.29, 1.82) is 0 Å². The van der Waals surface area contributed by atoms with E-state index in [1.54, 1.807) is 23.2 Å². The van der Waals surface area contributed by atoms with Crippen molar-refractivity contribution in [3.63, 3.8) is 0 Å². The lowest BCUT2D eigenvalue weighted by atomic mass is 9.84. The molecule has 0 aliphatic carbocycles. The van der Waals surface area contributed by atoms with Gasteiger partial charge in [0.05, 0.1) is 6.54 Å². The molecular formula is C14H19BrN2O2S. The maximum Gasteiger partial charge on any atom is 0.246 e. The van der Waals surface area contributed by atoms with Crippen LogP contribution in [0.2, 0.25) is 0 Å². The summed E-state index contributed by atoms with van der Waals surface area (Å²) in [4.78, 5) is 27.5. The molecule has 0 spiro atoms. The van der Waals surface area contributed by atoms with E-state index in [1.165, 1.54) is 0 Å². The Morgan fingerprint density at radius 2 is 2.05 bits per heavy atom. The van der Waals surface area contributed by atoms with Crippen LogP contribution < -0.4 is 5.32 Å². The number of amides is 2. The monoisotopic (exact) mass is 358 g/mol. The van der Waals surface area contributed by atoms with Crippen LogP contribution in [0.25, 0.3) is 0 Å². The van der Waals surface area contributed by atoms with Crippen LogP contribution in [0.4, 0.5) is 0 Å². The van der Waals surface area contributed by atoms with E-state index in [0.29, 0.717) is 6.54 Å². The third-order valence-corrected chi connectivity index (χ3v) is 5.45. The second-order valence-corrected chi connectivity index (χ2v) is 8.00. The number of nitrogens with zero attached hydrogens (tertiary/aromatic N) is 1. The lowest BCUT2D eigenvalue weighted by Gasteiger charge is -2.42. The fraction of sp³-hybridized carbons (Fsp3) is 0.571. The highest BCUT2D eigenvalue weighted by Crippen LogP contribution is 2.29. The molecule has 1 aliphatic rings. The molecule has 4 nitrogen and oxygen atoms in total. The first-order valence-electron chi connectivity index (χ1n) is 6.54. The van der Waals surface area contributed by atoms with Gasteiger partial charge in [-0.25, -0.2) is 0 Å². The molecule has 1 saturated heterocycles. The molecule has 1 aromatic heterocycles. The summed E-state index contributed by atoms with van der Waals surface area (Å²) in [7, 11) is 0. The van der Waals surface area contributed by atoms with Gasteiger partial charge in [0.15, 0.2) is 0 Å². The molecular weight excluding hydrogens is 340 g/mol. The van der Waals surface area contributed by atoms with Crippen molar-refractivity contribution < 1.29 is 9.59 Å². The van der Waals surface area contributed by atoms with Crippen molar-refractivity contribution in [2.24, 2.45) is 5.41 Å². The molecule has 2 amide bonds. The third-order valence-electron chi connectivity index (χ3n) is 3.53. The van der Waals surface area contributed by atoms with Crippen molar-refractivity contribution in [1.82, 2.24) is 10.2 Å². The van der Waals surface area contributed by atoms with Crippen LogP contribution in [-0.4, -0.2) is 28.8 Å². The van der Waals surface area contributed by atoms with Crippen LogP contribution >= 0.6 is 27.3 Å². The summed E-state index contributed by atoms with van der Waals surface area (Å²) in [6, 6.07) is 1.06. The number of carbonyl (C=O) groups is 2. The minimum Gasteiger partial charge on any atom is -0.342 e. The zero-order valence-electron chi connectivity index (χ0n) is 12.1. The van der Waals surface area contributed by atoms with E-state index in [-0.39, 0.29) is 17.2 Å². The molecule has 6 heteroatoms. The van der Waals surface area contributed by atoms with Crippen LogP contribution in [0.5, 0.6) is 0 Å². The molecule has 2 unspecified atom stereocenters. The summed E-state index contributed by atoms with van der Waals surface area (Å²) >= 11 is 5.06. The highest BCUT2D eigenvalue weighted by Gasteiger charge is 2.43. The van der Waals surface area contributed by atoms with Gasteiger partial charge in [0.2, 0.25) is 11.8 Å². The van der Waals surface area contributed by atoms with E-state index >= 15 is 0 Å². The minimum atomic E-state index is -0.468. The van der Waals surface area contributed by atoms with E-state index in [9.17, 15) is 9.59 Å². The van der Waals surface area contributed by atoms with Gasteiger partial charge in [-0.15, -0.1) is 11.3 Å². The summed E-state index contributed by atoms with van der Waals surface area (Å²) in [5, 5.41) is 4.81. The van der Waals surface area contributed by atoms with Gasteiger partial charge in [-0.1, -0.05) is 20.8 Å². The van der Waals surface area contributed by atoms with E-state index in [2.05, 4.69) is 21.2 Å². The molecule has 0 bridgehead atoms. The maximum atomic E-state index is 12.7. The van der Waals surface area contributed by atoms with E-state index in [1.807, 2.05) is 32.2 Å². The van der Waals surface area contributed by atoms with Crippen LogP contribution in [-0.2, 0) is 16.1 Å². The Bertz CT molecular complexity index is 536. The first-order chi connectivity index (χ1) is 9.21. The van der Waals surface area contributed by atoms with Gasteiger partial charge >= 0.3 is 0 Å². The number of thiophene rings is 1. The molecule has 1 aromatic rings. The topological polar surface area (TPSA) is 49.4 Å². The molecule has 1 aliphatic heterocycles. The average Bonchev–Trinajstić information content (AvgIpc) is 2.73. The number of nitrogens with one attached hydrogen (secondary N) is 1. The minimum absolute atomic E-state index is 0.00935. The Balaban J connectivity index is 2.27. The average molecular weight is 359 g/mol. The molecule has 1 N–H and O–H groups in total. The van der Waals surface area contributed by atoms with E-state index in [0.717, 1.165) is 9.35 Å². The molecule has 0 saturated carbocycles.